The molecule has 2 N–H and O–H groups in total. The molecule has 29 heavy (non-hydrogen) atoms. The lowest BCUT2D eigenvalue weighted by atomic mass is 10.0. The molecule has 0 bridgehead atoms. The molecule has 2 aromatic rings. The summed E-state index contributed by atoms with van der Waals surface area (Å²) in [6.07, 6.45) is -0.209. The Morgan fingerprint density at radius 3 is 2.48 bits per heavy atom. The minimum Gasteiger partial charge on any atom is -0.493 e. The molecule has 0 aromatic heterocycles. The maximum absolute atomic E-state index is 13.1. The SMILES string of the molecule is CCOc1cc([C@@H](CC(=O)OC)N2C(=O)c3cccc(N)c3C2=O)ccc1OC. The lowest BCUT2D eigenvalue weighted by molar-refractivity contribution is -0.141. The third-order valence-corrected chi connectivity index (χ3v) is 4.75. The predicted molar refractivity (Wildman–Crippen MR) is 105 cm³/mol. The van der Waals surface area contributed by atoms with Crippen LogP contribution in [-0.4, -0.2) is 43.5 Å². The molecule has 0 fully saturated rings. The maximum atomic E-state index is 13.1. The average Bonchev–Trinajstić information content (AvgIpc) is 2.97. The van der Waals surface area contributed by atoms with Gasteiger partial charge < -0.3 is 19.9 Å². The summed E-state index contributed by atoms with van der Waals surface area (Å²) < 4.78 is 15.7. The Labute approximate surface area is 168 Å². The van der Waals surface area contributed by atoms with E-state index in [1.54, 1.807) is 36.4 Å². The Kier molecular flexibility index (Phi) is 5.72. The maximum Gasteiger partial charge on any atom is 0.307 e. The second-order valence-electron chi connectivity index (χ2n) is 6.39. The second-order valence-corrected chi connectivity index (χ2v) is 6.39. The standard InChI is InChI=1S/C21H22N2O6/c1-4-29-17-10-12(8-9-16(17)27-2)15(11-18(24)28-3)23-20(25)13-6-5-7-14(22)19(13)21(23)26/h5-10,15H,4,11,22H2,1-3H3/t15-/m1/s1. The second kappa shape index (κ2) is 8.22. The van der Waals surface area contributed by atoms with Crippen LogP contribution in [0.25, 0.3) is 0 Å². The van der Waals surface area contributed by atoms with Gasteiger partial charge in [0.25, 0.3) is 11.8 Å². The number of benzene rings is 2. The fourth-order valence-electron chi connectivity index (χ4n) is 3.38. The van der Waals surface area contributed by atoms with Gasteiger partial charge in [0.05, 0.1) is 44.4 Å². The van der Waals surface area contributed by atoms with E-state index in [1.807, 2.05) is 6.92 Å². The molecule has 8 heteroatoms. The zero-order valence-electron chi connectivity index (χ0n) is 16.4. The Morgan fingerprint density at radius 2 is 1.86 bits per heavy atom. The number of rotatable bonds is 7. The highest BCUT2D eigenvalue weighted by Crippen LogP contribution is 2.38. The van der Waals surface area contributed by atoms with Gasteiger partial charge in [0, 0.05) is 5.69 Å². The van der Waals surface area contributed by atoms with Crippen LogP contribution < -0.4 is 15.2 Å². The van der Waals surface area contributed by atoms with E-state index in [0.29, 0.717) is 23.7 Å². The number of hydrogen-bond donors (Lipinski definition) is 1. The van der Waals surface area contributed by atoms with Gasteiger partial charge in [-0.1, -0.05) is 12.1 Å². The first-order chi connectivity index (χ1) is 13.9. The van der Waals surface area contributed by atoms with Gasteiger partial charge in [0.2, 0.25) is 0 Å². The number of ether oxygens (including phenoxy) is 3. The lowest BCUT2D eigenvalue weighted by Crippen LogP contribution is -2.35. The fourth-order valence-corrected chi connectivity index (χ4v) is 3.38. The van der Waals surface area contributed by atoms with Crippen LogP contribution in [0.4, 0.5) is 5.69 Å². The van der Waals surface area contributed by atoms with Gasteiger partial charge in [-0.25, -0.2) is 0 Å². The molecule has 0 saturated heterocycles. The zero-order valence-corrected chi connectivity index (χ0v) is 16.4. The van der Waals surface area contributed by atoms with E-state index in [0.717, 1.165) is 4.90 Å². The van der Waals surface area contributed by atoms with Gasteiger partial charge in [-0.15, -0.1) is 0 Å². The van der Waals surface area contributed by atoms with Crippen molar-refractivity contribution in [2.45, 2.75) is 19.4 Å². The van der Waals surface area contributed by atoms with Crippen molar-refractivity contribution >= 4 is 23.5 Å². The van der Waals surface area contributed by atoms with Gasteiger partial charge in [0.1, 0.15) is 0 Å². The molecule has 1 atom stereocenters. The third-order valence-electron chi connectivity index (χ3n) is 4.75. The number of imide groups is 1. The highest BCUT2D eigenvalue weighted by Gasteiger charge is 2.42. The Hall–Kier alpha value is -3.55. The number of nitrogens with two attached hydrogens (primary N) is 1. The Morgan fingerprint density at radius 1 is 1.10 bits per heavy atom. The molecule has 1 aliphatic heterocycles. The van der Waals surface area contributed by atoms with E-state index in [9.17, 15) is 14.4 Å². The summed E-state index contributed by atoms with van der Waals surface area (Å²) in [7, 11) is 2.76. The van der Waals surface area contributed by atoms with E-state index in [-0.39, 0.29) is 23.2 Å². The van der Waals surface area contributed by atoms with Crippen molar-refractivity contribution in [3.05, 3.63) is 53.1 Å². The molecule has 0 radical (unpaired) electrons. The highest BCUT2D eigenvalue weighted by atomic mass is 16.5. The minimum atomic E-state index is -0.889. The summed E-state index contributed by atoms with van der Waals surface area (Å²) >= 11 is 0. The molecule has 0 aliphatic carbocycles. The third kappa shape index (κ3) is 3.61. The van der Waals surface area contributed by atoms with Crippen molar-refractivity contribution in [1.29, 1.82) is 0 Å². The molecule has 1 aliphatic rings. The first-order valence-corrected chi connectivity index (χ1v) is 9.06. The first kappa shape index (κ1) is 20.2. The van der Waals surface area contributed by atoms with Crippen LogP contribution in [0.3, 0.4) is 0 Å². The number of esters is 1. The molecule has 2 aromatic carbocycles. The van der Waals surface area contributed by atoms with Crippen molar-refractivity contribution in [2.24, 2.45) is 0 Å². The van der Waals surface area contributed by atoms with Gasteiger partial charge in [-0.3, -0.25) is 19.3 Å². The first-order valence-electron chi connectivity index (χ1n) is 9.06. The van der Waals surface area contributed by atoms with Gasteiger partial charge in [-0.2, -0.15) is 0 Å². The quantitative estimate of drug-likeness (QED) is 0.434. The monoisotopic (exact) mass is 398 g/mol. The number of anilines is 1. The van der Waals surface area contributed by atoms with E-state index in [4.69, 9.17) is 19.9 Å². The van der Waals surface area contributed by atoms with Crippen molar-refractivity contribution in [1.82, 2.24) is 4.90 Å². The molecular weight excluding hydrogens is 376 g/mol. The van der Waals surface area contributed by atoms with Crippen LogP contribution in [0.5, 0.6) is 11.5 Å². The topological polar surface area (TPSA) is 108 Å². The number of hydrogen-bond acceptors (Lipinski definition) is 7. The summed E-state index contributed by atoms with van der Waals surface area (Å²) in [4.78, 5) is 39.2. The number of methoxy groups -OCH3 is 2. The number of carbonyl (C=O) groups excluding carboxylic acids is 3. The van der Waals surface area contributed by atoms with Gasteiger partial charge in [0.15, 0.2) is 11.5 Å². The summed E-state index contributed by atoms with van der Waals surface area (Å²) in [5, 5.41) is 0. The predicted octanol–water partition coefficient (Wildman–Crippen LogP) is 2.58. The molecule has 0 spiro atoms. The van der Waals surface area contributed by atoms with Crippen LogP contribution >= 0.6 is 0 Å². The van der Waals surface area contributed by atoms with Crippen LogP contribution in [0.1, 0.15) is 45.7 Å². The molecule has 0 saturated carbocycles. The van der Waals surface area contributed by atoms with E-state index < -0.39 is 23.8 Å². The Balaban J connectivity index is 2.09. The number of nitrogens with zero attached hydrogens (tertiary/aromatic N) is 1. The van der Waals surface area contributed by atoms with E-state index in [2.05, 4.69) is 0 Å². The largest absolute Gasteiger partial charge is 0.493 e. The van der Waals surface area contributed by atoms with Crippen LogP contribution in [0.2, 0.25) is 0 Å². The summed E-state index contributed by atoms with van der Waals surface area (Å²) in [5.41, 5.74) is 7.03. The average molecular weight is 398 g/mol. The van der Waals surface area contributed by atoms with Crippen LogP contribution in [0, 0.1) is 0 Å². The van der Waals surface area contributed by atoms with E-state index >= 15 is 0 Å². The smallest absolute Gasteiger partial charge is 0.307 e. The number of amides is 2. The normalized spacial score (nSPS) is 13.8. The van der Waals surface area contributed by atoms with E-state index in [1.165, 1.54) is 14.2 Å². The molecule has 2 amide bonds. The number of nitrogen functional groups attached to an aromatic ring is 1. The lowest BCUT2D eigenvalue weighted by Gasteiger charge is -2.26. The molecular formula is C21H22N2O6. The molecule has 1 heterocycles. The minimum absolute atomic E-state index is 0.144. The zero-order chi connectivity index (χ0) is 21.1. The van der Waals surface area contributed by atoms with Crippen molar-refractivity contribution in [2.75, 3.05) is 26.6 Å². The summed E-state index contributed by atoms with van der Waals surface area (Å²) in [6, 6.07) is 8.82. The van der Waals surface area contributed by atoms with Crippen molar-refractivity contribution in [3.63, 3.8) is 0 Å². The molecule has 0 unspecified atom stereocenters. The number of carbonyl (C=O) groups is 3. The number of fused-ring (bicyclic) bond motifs is 1. The van der Waals surface area contributed by atoms with Crippen molar-refractivity contribution in [3.8, 4) is 11.5 Å². The van der Waals surface area contributed by atoms with Gasteiger partial charge in [-0.05, 0) is 36.8 Å². The van der Waals surface area contributed by atoms with Gasteiger partial charge >= 0.3 is 5.97 Å². The molecule has 3 rings (SSSR count). The fraction of sp³-hybridized carbons (Fsp3) is 0.286. The summed E-state index contributed by atoms with van der Waals surface area (Å²) in [6.45, 7) is 2.22. The summed E-state index contributed by atoms with van der Waals surface area (Å²) in [5.74, 6) is -0.684. The molecule has 152 valence electrons. The Bertz CT molecular complexity index is 972. The highest BCUT2D eigenvalue weighted by molar-refractivity contribution is 6.23. The van der Waals surface area contributed by atoms with Crippen LogP contribution in [0.15, 0.2) is 36.4 Å². The molecule has 8 nitrogen and oxygen atoms in total. The van der Waals surface area contributed by atoms with Crippen LogP contribution in [-0.2, 0) is 9.53 Å². The van der Waals surface area contributed by atoms with Crippen molar-refractivity contribution < 1.29 is 28.6 Å².